The molecule has 3 unspecified atom stereocenters. The molecule has 6 heteroatoms. The molecule has 2 rings (SSSR count). The third-order valence-corrected chi connectivity index (χ3v) is 5.40. The quantitative estimate of drug-likeness (QED) is 0.578. The Balaban J connectivity index is 2.14. The summed E-state index contributed by atoms with van der Waals surface area (Å²) < 4.78 is 0. The predicted molar refractivity (Wildman–Crippen MR) is 71.0 cm³/mol. The van der Waals surface area contributed by atoms with E-state index in [0.29, 0.717) is 17.8 Å². The molecule has 0 saturated carbocycles. The van der Waals surface area contributed by atoms with Gasteiger partial charge in [0.15, 0.2) is 0 Å². The number of aliphatic hydroxyl groups excluding tert-OH is 1. The molecule has 0 bridgehead atoms. The van der Waals surface area contributed by atoms with Gasteiger partial charge in [-0.1, -0.05) is 18.3 Å². The van der Waals surface area contributed by atoms with Gasteiger partial charge < -0.3 is 15.1 Å². The molecule has 4 atom stereocenters. The SMILES string of the molecule is C=CCC1S[C@H]2C(CCO)C(=S)N2C1C(=O)O. The molecule has 2 saturated heterocycles. The molecule has 2 heterocycles. The number of rotatable bonds is 5. The van der Waals surface area contributed by atoms with Gasteiger partial charge in [-0.3, -0.25) is 0 Å². The van der Waals surface area contributed by atoms with Crippen molar-refractivity contribution in [1.29, 1.82) is 0 Å². The zero-order valence-electron chi connectivity index (χ0n) is 9.28. The van der Waals surface area contributed by atoms with Crippen LogP contribution in [0.5, 0.6) is 0 Å². The lowest BCUT2D eigenvalue weighted by Crippen LogP contribution is -2.61. The summed E-state index contributed by atoms with van der Waals surface area (Å²) in [5.74, 6) is -0.673. The highest BCUT2D eigenvalue weighted by Gasteiger charge is 2.57. The van der Waals surface area contributed by atoms with Gasteiger partial charge in [0.25, 0.3) is 0 Å². The number of allylic oxidation sites excluding steroid dienone is 1. The molecule has 2 aliphatic heterocycles. The molecule has 0 aliphatic carbocycles. The minimum Gasteiger partial charge on any atom is -0.480 e. The second-order valence-electron chi connectivity index (χ2n) is 4.24. The van der Waals surface area contributed by atoms with Crippen molar-refractivity contribution in [2.24, 2.45) is 5.92 Å². The first-order valence-electron chi connectivity index (χ1n) is 5.54. The van der Waals surface area contributed by atoms with E-state index in [0.717, 1.165) is 0 Å². The van der Waals surface area contributed by atoms with Crippen molar-refractivity contribution in [2.75, 3.05) is 6.61 Å². The van der Waals surface area contributed by atoms with Crippen molar-refractivity contribution in [3.05, 3.63) is 12.7 Å². The van der Waals surface area contributed by atoms with Crippen LogP contribution in [0.25, 0.3) is 0 Å². The molecule has 0 radical (unpaired) electrons. The number of hydrogen-bond acceptors (Lipinski definition) is 4. The zero-order valence-corrected chi connectivity index (χ0v) is 10.9. The molecule has 4 nitrogen and oxygen atoms in total. The lowest BCUT2D eigenvalue weighted by molar-refractivity contribution is -0.142. The molecule has 0 aromatic heterocycles. The molecule has 0 spiro atoms. The Morgan fingerprint density at radius 3 is 2.88 bits per heavy atom. The second kappa shape index (κ2) is 4.96. The van der Waals surface area contributed by atoms with Crippen molar-refractivity contribution in [2.45, 2.75) is 29.5 Å². The van der Waals surface area contributed by atoms with Gasteiger partial charge in [0, 0.05) is 17.8 Å². The molecule has 94 valence electrons. The number of aliphatic carboxylic acids is 1. The summed E-state index contributed by atoms with van der Waals surface area (Å²) in [7, 11) is 0. The standard InChI is InChI=1S/C11H15NO3S2/c1-2-3-7-8(11(14)15)12-9(16)6(4-5-13)10(12)17-7/h2,6-8,10,13H,1,3-5H2,(H,14,15)/t6?,7?,8?,10-/m0/s1. The minimum absolute atomic E-state index is 0.0108. The first kappa shape index (κ1) is 12.9. The lowest BCUT2D eigenvalue weighted by atomic mass is 9.93. The number of thiocarbonyl (C=S) groups is 1. The topological polar surface area (TPSA) is 60.8 Å². The van der Waals surface area contributed by atoms with Crippen LogP contribution in [-0.2, 0) is 4.79 Å². The second-order valence-corrected chi connectivity index (χ2v) is 6.02. The van der Waals surface area contributed by atoms with Gasteiger partial charge >= 0.3 is 5.97 Å². The average molecular weight is 273 g/mol. The van der Waals surface area contributed by atoms with Gasteiger partial charge in [-0.05, 0) is 12.8 Å². The van der Waals surface area contributed by atoms with Gasteiger partial charge in [-0.15, -0.1) is 18.3 Å². The van der Waals surface area contributed by atoms with E-state index in [9.17, 15) is 9.90 Å². The third kappa shape index (κ3) is 1.98. The number of carbonyl (C=O) groups is 1. The van der Waals surface area contributed by atoms with E-state index < -0.39 is 12.0 Å². The van der Waals surface area contributed by atoms with Gasteiger partial charge in [0.05, 0.1) is 10.4 Å². The van der Waals surface area contributed by atoms with E-state index in [-0.39, 0.29) is 23.1 Å². The molecule has 17 heavy (non-hydrogen) atoms. The van der Waals surface area contributed by atoms with Crippen molar-refractivity contribution < 1.29 is 15.0 Å². The largest absolute Gasteiger partial charge is 0.480 e. The zero-order chi connectivity index (χ0) is 12.6. The number of aliphatic hydroxyl groups is 1. The van der Waals surface area contributed by atoms with Crippen molar-refractivity contribution >= 4 is 34.9 Å². The normalized spacial score (nSPS) is 35.4. The van der Waals surface area contributed by atoms with Crippen LogP contribution >= 0.6 is 24.0 Å². The number of carboxylic acids is 1. The van der Waals surface area contributed by atoms with Crippen molar-refractivity contribution in [3.63, 3.8) is 0 Å². The number of nitrogens with zero attached hydrogens (tertiary/aromatic N) is 1. The Bertz CT molecular complexity index is 361. The van der Waals surface area contributed by atoms with Crippen LogP contribution in [-0.4, -0.2) is 49.3 Å². The van der Waals surface area contributed by atoms with E-state index in [4.69, 9.17) is 17.3 Å². The van der Waals surface area contributed by atoms with Crippen LogP contribution in [0.1, 0.15) is 12.8 Å². The maximum Gasteiger partial charge on any atom is 0.327 e. The Labute approximate surface area is 110 Å². The summed E-state index contributed by atoms with van der Waals surface area (Å²) in [5, 5.41) is 18.4. The molecule has 0 amide bonds. The first-order valence-corrected chi connectivity index (χ1v) is 6.89. The predicted octanol–water partition coefficient (Wildman–Crippen LogP) is 1.10. The van der Waals surface area contributed by atoms with Gasteiger partial charge in [-0.25, -0.2) is 4.79 Å². The summed E-state index contributed by atoms with van der Waals surface area (Å²) in [6, 6.07) is -0.537. The number of carboxylic acid groups (broad SMARTS) is 1. The smallest absolute Gasteiger partial charge is 0.327 e. The summed E-state index contributed by atoms with van der Waals surface area (Å²) in [6.45, 7) is 3.76. The first-order chi connectivity index (χ1) is 8.11. The van der Waals surface area contributed by atoms with Gasteiger partial charge in [0.2, 0.25) is 0 Å². The Hall–Kier alpha value is -0.590. The van der Waals surface area contributed by atoms with E-state index >= 15 is 0 Å². The number of fused-ring (bicyclic) bond motifs is 1. The van der Waals surface area contributed by atoms with Crippen molar-refractivity contribution in [3.8, 4) is 0 Å². The Morgan fingerprint density at radius 1 is 1.65 bits per heavy atom. The maximum absolute atomic E-state index is 11.3. The average Bonchev–Trinajstić information content (AvgIpc) is 2.62. The van der Waals surface area contributed by atoms with Crippen LogP contribution in [0.3, 0.4) is 0 Å². The van der Waals surface area contributed by atoms with Gasteiger partial charge in [-0.2, -0.15) is 0 Å². The molecule has 0 aromatic rings. The summed E-state index contributed by atoms with van der Waals surface area (Å²) in [6.07, 6.45) is 3.05. The van der Waals surface area contributed by atoms with Crippen LogP contribution < -0.4 is 0 Å². The summed E-state index contributed by atoms with van der Waals surface area (Å²) in [5.41, 5.74) is 0. The molecule has 2 N–H and O–H groups in total. The highest BCUT2D eigenvalue weighted by molar-refractivity contribution is 8.01. The highest BCUT2D eigenvalue weighted by Crippen LogP contribution is 2.50. The van der Waals surface area contributed by atoms with E-state index in [1.807, 2.05) is 4.90 Å². The summed E-state index contributed by atoms with van der Waals surface area (Å²) in [4.78, 5) is 13.8. The monoisotopic (exact) mass is 273 g/mol. The number of hydrogen-bond donors (Lipinski definition) is 2. The van der Waals surface area contributed by atoms with Crippen LogP contribution in [0, 0.1) is 5.92 Å². The molecule has 2 fully saturated rings. The molecular formula is C11H15NO3S2. The Kier molecular flexibility index (Phi) is 3.75. The lowest BCUT2D eigenvalue weighted by Gasteiger charge is -2.46. The fourth-order valence-electron chi connectivity index (χ4n) is 2.47. The van der Waals surface area contributed by atoms with Gasteiger partial charge in [0.1, 0.15) is 6.04 Å². The van der Waals surface area contributed by atoms with E-state index in [1.165, 1.54) is 0 Å². The van der Waals surface area contributed by atoms with Crippen LogP contribution in [0.15, 0.2) is 12.7 Å². The van der Waals surface area contributed by atoms with Crippen molar-refractivity contribution in [1.82, 2.24) is 4.90 Å². The molecular weight excluding hydrogens is 258 g/mol. The van der Waals surface area contributed by atoms with E-state index in [2.05, 4.69) is 6.58 Å². The van der Waals surface area contributed by atoms with Crippen LogP contribution in [0.2, 0.25) is 0 Å². The third-order valence-electron chi connectivity index (χ3n) is 3.25. The molecule has 0 aromatic carbocycles. The number of thioether (sulfide) groups is 1. The fourth-order valence-corrected chi connectivity index (χ4v) is 4.93. The van der Waals surface area contributed by atoms with E-state index in [1.54, 1.807) is 17.8 Å². The fraction of sp³-hybridized carbons (Fsp3) is 0.636. The maximum atomic E-state index is 11.3. The van der Waals surface area contributed by atoms with Crippen LogP contribution in [0.4, 0.5) is 0 Å². The highest BCUT2D eigenvalue weighted by atomic mass is 32.2. The minimum atomic E-state index is -0.823. The molecule has 2 aliphatic rings. The Morgan fingerprint density at radius 2 is 2.35 bits per heavy atom. The summed E-state index contributed by atoms with van der Waals surface area (Å²) >= 11 is 6.90.